The molecule has 2 aromatic carbocycles. The summed E-state index contributed by atoms with van der Waals surface area (Å²) < 4.78 is 10.9. The molecule has 1 N–H and O–H groups in total. The fourth-order valence-electron chi connectivity index (χ4n) is 3.92. The maximum atomic E-state index is 12.7. The van der Waals surface area contributed by atoms with Crippen LogP contribution in [0.2, 0.25) is 0 Å². The first-order valence-corrected chi connectivity index (χ1v) is 11.0. The smallest absolute Gasteiger partial charge is 0.251 e. The Bertz CT molecular complexity index is 904. The molecule has 6 heteroatoms. The van der Waals surface area contributed by atoms with Gasteiger partial charge >= 0.3 is 0 Å². The molecular formula is C25H32N2O4. The number of rotatable bonds is 8. The average Bonchev–Trinajstić information content (AvgIpc) is 2.79. The van der Waals surface area contributed by atoms with E-state index < -0.39 is 0 Å². The van der Waals surface area contributed by atoms with E-state index in [-0.39, 0.29) is 17.9 Å². The van der Waals surface area contributed by atoms with Gasteiger partial charge in [0.25, 0.3) is 5.91 Å². The number of hydrogen-bond acceptors (Lipinski definition) is 4. The van der Waals surface area contributed by atoms with Crippen molar-refractivity contribution in [1.82, 2.24) is 10.2 Å². The molecule has 0 aliphatic carbocycles. The zero-order valence-electron chi connectivity index (χ0n) is 18.6. The first-order chi connectivity index (χ1) is 15.0. The van der Waals surface area contributed by atoms with Gasteiger partial charge in [-0.3, -0.25) is 9.59 Å². The lowest BCUT2D eigenvalue weighted by Crippen LogP contribution is -2.46. The molecule has 0 spiro atoms. The van der Waals surface area contributed by atoms with Crippen LogP contribution in [0.4, 0.5) is 0 Å². The number of nitrogens with zero attached hydrogens (tertiary/aromatic N) is 1. The molecule has 31 heavy (non-hydrogen) atoms. The normalized spacial score (nSPS) is 14.2. The number of carbonyl (C=O) groups is 2. The standard InChI is InChI=1S/C25H32N2O4/c1-4-31-22-11-9-19(17-23(22)30-3)10-12-24(28)27-15-13-20(14-16-27)26-25(29)21-8-6-5-7-18(21)2/h5-9,11,17,20H,4,10,12-16H2,1-3H3,(H,26,29). The van der Waals surface area contributed by atoms with Crippen LogP contribution >= 0.6 is 0 Å². The Morgan fingerprint density at radius 3 is 2.52 bits per heavy atom. The van der Waals surface area contributed by atoms with Gasteiger partial charge in [-0.15, -0.1) is 0 Å². The summed E-state index contributed by atoms with van der Waals surface area (Å²) in [7, 11) is 1.62. The second-order valence-corrected chi connectivity index (χ2v) is 7.86. The molecule has 1 saturated heterocycles. The number of piperidine rings is 1. The maximum Gasteiger partial charge on any atom is 0.251 e. The minimum Gasteiger partial charge on any atom is -0.493 e. The van der Waals surface area contributed by atoms with Crippen LogP contribution in [0.5, 0.6) is 11.5 Å². The van der Waals surface area contributed by atoms with Crippen molar-refractivity contribution in [2.24, 2.45) is 0 Å². The third kappa shape index (κ3) is 6.00. The molecule has 0 aromatic heterocycles. The predicted octanol–water partition coefficient (Wildman–Crippen LogP) is 3.76. The highest BCUT2D eigenvalue weighted by atomic mass is 16.5. The number of amides is 2. The molecule has 2 aromatic rings. The summed E-state index contributed by atoms with van der Waals surface area (Å²) in [6.07, 6.45) is 2.67. The molecule has 2 amide bonds. The van der Waals surface area contributed by atoms with E-state index in [0.29, 0.717) is 43.9 Å². The van der Waals surface area contributed by atoms with E-state index >= 15 is 0 Å². The van der Waals surface area contributed by atoms with Crippen molar-refractivity contribution in [2.75, 3.05) is 26.8 Å². The lowest BCUT2D eigenvalue weighted by Gasteiger charge is -2.32. The number of methoxy groups -OCH3 is 1. The van der Waals surface area contributed by atoms with Crippen molar-refractivity contribution >= 4 is 11.8 Å². The van der Waals surface area contributed by atoms with Crippen LogP contribution in [0.15, 0.2) is 42.5 Å². The van der Waals surface area contributed by atoms with E-state index in [9.17, 15) is 9.59 Å². The Hall–Kier alpha value is -3.02. The van der Waals surface area contributed by atoms with Gasteiger partial charge in [-0.25, -0.2) is 0 Å². The SMILES string of the molecule is CCOc1ccc(CCC(=O)N2CCC(NC(=O)c3ccccc3C)CC2)cc1OC. The second-order valence-electron chi connectivity index (χ2n) is 7.86. The maximum absolute atomic E-state index is 12.7. The minimum absolute atomic E-state index is 0.0349. The molecule has 6 nitrogen and oxygen atoms in total. The van der Waals surface area contributed by atoms with Gasteiger partial charge in [-0.2, -0.15) is 0 Å². The van der Waals surface area contributed by atoms with Gasteiger partial charge in [-0.1, -0.05) is 24.3 Å². The van der Waals surface area contributed by atoms with Crippen molar-refractivity contribution in [1.29, 1.82) is 0 Å². The molecule has 0 saturated carbocycles. The molecule has 1 aliphatic rings. The quantitative estimate of drug-likeness (QED) is 0.701. The van der Waals surface area contributed by atoms with Crippen molar-refractivity contribution in [3.8, 4) is 11.5 Å². The number of benzene rings is 2. The van der Waals surface area contributed by atoms with E-state index in [4.69, 9.17) is 9.47 Å². The average molecular weight is 425 g/mol. The number of nitrogens with one attached hydrogen (secondary N) is 1. The van der Waals surface area contributed by atoms with Gasteiger partial charge in [0, 0.05) is 31.1 Å². The summed E-state index contributed by atoms with van der Waals surface area (Å²) >= 11 is 0. The summed E-state index contributed by atoms with van der Waals surface area (Å²) in [5, 5.41) is 3.12. The van der Waals surface area contributed by atoms with Crippen molar-refractivity contribution in [3.63, 3.8) is 0 Å². The second kappa shape index (κ2) is 10.8. The van der Waals surface area contributed by atoms with Gasteiger partial charge in [0.05, 0.1) is 13.7 Å². The molecule has 0 radical (unpaired) electrons. The molecule has 0 atom stereocenters. The lowest BCUT2D eigenvalue weighted by molar-refractivity contribution is -0.132. The lowest BCUT2D eigenvalue weighted by atomic mass is 10.0. The van der Waals surface area contributed by atoms with Gasteiger partial charge < -0.3 is 19.7 Å². The Morgan fingerprint density at radius 1 is 1.10 bits per heavy atom. The Balaban J connectivity index is 1.46. The Labute approximate surface area is 184 Å². The monoisotopic (exact) mass is 424 g/mol. The van der Waals surface area contributed by atoms with Crippen molar-refractivity contribution < 1.29 is 19.1 Å². The van der Waals surface area contributed by atoms with Crippen LogP contribution in [0.1, 0.15) is 47.7 Å². The number of likely N-dealkylation sites (tertiary alicyclic amines) is 1. The van der Waals surface area contributed by atoms with E-state index in [0.717, 1.165) is 29.7 Å². The fourth-order valence-corrected chi connectivity index (χ4v) is 3.92. The minimum atomic E-state index is -0.0349. The number of ether oxygens (including phenoxy) is 2. The summed E-state index contributed by atoms with van der Waals surface area (Å²) in [5.74, 6) is 1.52. The molecule has 1 aliphatic heterocycles. The zero-order chi connectivity index (χ0) is 22.2. The van der Waals surface area contributed by atoms with Gasteiger partial charge in [-0.05, 0) is 62.4 Å². The molecule has 1 heterocycles. The summed E-state index contributed by atoms with van der Waals surface area (Å²) in [4.78, 5) is 27.1. The van der Waals surface area contributed by atoms with Gasteiger partial charge in [0.15, 0.2) is 11.5 Å². The van der Waals surface area contributed by atoms with E-state index in [1.54, 1.807) is 7.11 Å². The number of aryl methyl sites for hydroxylation is 2. The predicted molar refractivity (Wildman–Crippen MR) is 121 cm³/mol. The van der Waals surface area contributed by atoms with Gasteiger partial charge in [0.2, 0.25) is 5.91 Å². The molecule has 3 rings (SSSR count). The summed E-state index contributed by atoms with van der Waals surface area (Å²) in [6, 6.07) is 13.5. The highest BCUT2D eigenvalue weighted by Crippen LogP contribution is 2.28. The van der Waals surface area contributed by atoms with Crippen LogP contribution in [-0.2, 0) is 11.2 Å². The number of hydrogen-bond donors (Lipinski definition) is 1. The van der Waals surface area contributed by atoms with Crippen LogP contribution < -0.4 is 14.8 Å². The van der Waals surface area contributed by atoms with Crippen LogP contribution in [0.3, 0.4) is 0 Å². The van der Waals surface area contributed by atoms with Crippen LogP contribution in [0, 0.1) is 6.92 Å². The summed E-state index contributed by atoms with van der Waals surface area (Å²) in [5.41, 5.74) is 2.74. The van der Waals surface area contributed by atoms with E-state index in [2.05, 4.69) is 5.32 Å². The zero-order valence-corrected chi connectivity index (χ0v) is 18.6. The first kappa shape index (κ1) is 22.7. The van der Waals surface area contributed by atoms with Gasteiger partial charge in [0.1, 0.15) is 0 Å². The molecule has 1 fully saturated rings. The number of carbonyl (C=O) groups excluding carboxylic acids is 2. The molecule has 0 unspecified atom stereocenters. The topological polar surface area (TPSA) is 67.9 Å². The molecule has 166 valence electrons. The fraction of sp³-hybridized carbons (Fsp3) is 0.440. The van der Waals surface area contributed by atoms with Crippen LogP contribution in [-0.4, -0.2) is 49.6 Å². The van der Waals surface area contributed by atoms with Crippen LogP contribution in [0.25, 0.3) is 0 Å². The molecule has 0 bridgehead atoms. The molecular weight excluding hydrogens is 392 g/mol. The Morgan fingerprint density at radius 2 is 1.84 bits per heavy atom. The third-order valence-corrected chi connectivity index (χ3v) is 5.73. The van der Waals surface area contributed by atoms with E-state index in [1.165, 1.54) is 0 Å². The first-order valence-electron chi connectivity index (χ1n) is 11.0. The summed E-state index contributed by atoms with van der Waals surface area (Å²) in [6.45, 7) is 5.79. The Kier molecular flexibility index (Phi) is 7.93. The van der Waals surface area contributed by atoms with Crippen molar-refractivity contribution in [3.05, 3.63) is 59.2 Å². The highest BCUT2D eigenvalue weighted by molar-refractivity contribution is 5.95. The highest BCUT2D eigenvalue weighted by Gasteiger charge is 2.24. The largest absolute Gasteiger partial charge is 0.493 e. The van der Waals surface area contributed by atoms with Crippen molar-refractivity contribution in [2.45, 2.75) is 45.6 Å². The third-order valence-electron chi connectivity index (χ3n) is 5.73. The van der Waals surface area contributed by atoms with E-state index in [1.807, 2.05) is 61.2 Å².